The van der Waals surface area contributed by atoms with Gasteiger partial charge < -0.3 is 28.1 Å². The first-order valence-corrected chi connectivity index (χ1v) is 10.7. The number of ether oxygens (including phenoxy) is 5. The molecule has 0 aliphatic rings. The number of aryl methyl sites for hydroxylation is 1. The van der Waals surface area contributed by atoms with Crippen LogP contribution in [0.1, 0.15) is 39.8 Å². The van der Waals surface area contributed by atoms with Crippen LogP contribution in [-0.4, -0.2) is 46.7 Å². The number of Topliss-reactive ketones (excluding diaryl/α,β-unsaturated/α-hetero) is 1. The third-order valence-electron chi connectivity index (χ3n) is 5.02. The summed E-state index contributed by atoms with van der Waals surface area (Å²) in [6.45, 7) is 0.0484. The van der Waals surface area contributed by atoms with Crippen molar-refractivity contribution in [2.24, 2.45) is 0 Å². The molecule has 8 heteroatoms. The van der Waals surface area contributed by atoms with Crippen molar-refractivity contribution >= 4 is 11.8 Å². The fourth-order valence-electron chi connectivity index (χ4n) is 3.40. The van der Waals surface area contributed by atoms with Crippen LogP contribution in [0.4, 0.5) is 0 Å². The first kappa shape index (κ1) is 25.0. The molecule has 180 valence electrons. The van der Waals surface area contributed by atoms with Crippen LogP contribution in [0.5, 0.6) is 11.5 Å². The molecule has 3 rings (SSSR count). The van der Waals surface area contributed by atoms with Crippen molar-refractivity contribution in [1.29, 1.82) is 0 Å². The summed E-state index contributed by atoms with van der Waals surface area (Å²) in [6, 6.07) is 17.6. The number of rotatable bonds is 13. The van der Waals surface area contributed by atoms with Crippen LogP contribution in [0.15, 0.2) is 65.1 Å². The van der Waals surface area contributed by atoms with Crippen LogP contribution in [0.2, 0.25) is 0 Å². The van der Waals surface area contributed by atoms with Crippen molar-refractivity contribution in [2.75, 3.05) is 34.9 Å². The molecule has 1 aromatic heterocycles. The van der Waals surface area contributed by atoms with Crippen LogP contribution < -0.4 is 9.47 Å². The third kappa shape index (κ3) is 6.69. The first-order chi connectivity index (χ1) is 16.5. The maximum Gasteiger partial charge on any atom is 0.320 e. The molecule has 0 N–H and O–H groups in total. The summed E-state index contributed by atoms with van der Waals surface area (Å²) in [7, 11) is 4.33. The number of hydrogen-bond donors (Lipinski definition) is 0. The number of methoxy groups -OCH3 is 3. The summed E-state index contributed by atoms with van der Waals surface area (Å²) >= 11 is 0. The number of esters is 1. The van der Waals surface area contributed by atoms with Gasteiger partial charge in [0.15, 0.2) is 19.4 Å². The molecule has 2 aromatic carbocycles. The summed E-state index contributed by atoms with van der Waals surface area (Å²) in [5.41, 5.74) is 1.20. The second-order valence-electron chi connectivity index (χ2n) is 7.39. The van der Waals surface area contributed by atoms with E-state index >= 15 is 0 Å². The SMILES string of the molecule is COCOc1cc(OCOC)cc(C(C(=O)OC)c2ccc(CCC(=O)c3ccccc3)o2)c1. The lowest BCUT2D eigenvalue weighted by Gasteiger charge is -2.16. The largest absolute Gasteiger partial charge is 0.468 e. The monoisotopic (exact) mass is 468 g/mol. The number of furan rings is 1. The van der Waals surface area contributed by atoms with Crippen LogP contribution in [0.3, 0.4) is 0 Å². The zero-order valence-electron chi connectivity index (χ0n) is 19.4. The van der Waals surface area contributed by atoms with Gasteiger partial charge >= 0.3 is 5.97 Å². The standard InChI is InChI=1S/C26H28O8/c1-29-16-32-21-13-19(14-22(15-21)33-17-30-2)25(26(28)31-3)24-12-10-20(34-24)9-11-23(27)18-7-5-4-6-8-18/h4-8,10,12-15,25H,9,11,16-17H2,1-3H3. The van der Waals surface area contributed by atoms with E-state index < -0.39 is 11.9 Å². The van der Waals surface area contributed by atoms with Crippen LogP contribution in [0.25, 0.3) is 0 Å². The highest BCUT2D eigenvalue weighted by atomic mass is 16.7. The van der Waals surface area contributed by atoms with E-state index in [1.807, 2.05) is 18.2 Å². The molecule has 0 aliphatic heterocycles. The predicted octanol–water partition coefficient (Wildman–Crippen LogP) is 4.37. The molecule has 0 fully saturated rings. The maximum absolute atomic E-state index is 12.8. The molecule has 0 amide bonds. The van der Waals surface area contributed by atoms with Crippen molar-refractivity contribution in [2.45, 2.75) is 18.8 Å². The topological polar surface area (TPSA) is 93.4 Å². The Bertz CT molecular complexity index is 1050. The molecule has 3 aromatic rings. The minimum atomic E-state index is -0.862. The van der Waals surface area contributed by atoms with Gasteiger partial charge in [0, 0.05) is 38.7 Å². The summed E-state index contributed by atoms with van der Waals surface area (Å²) in [5, 5.41) is 0. The quantitative estimate of drug-likeness (QED) is 0.207. The maximum atomic E-state index is 12.8. The Morgan fingerprint density at radius 1 is 0.853 bits per heavy atom. The second-order valence-corrected chi connectivity index (χ2v) is 7.39. The van der Waals surface area contributed by atoms with Crippen molar-refractivity contribution in [3.05, 3.63) is 83.3 Å². The van der Waals surface area contributed by atoms with Crippen molar-refractivity contribution in [3.8, 4) is 11.5 Å². The normalized spacial score (nSPS) is 11.6. The van der Waals surface area contributed by atoms with Gasteiger partial charge in [-0.15, -0.1) is 0 Å². The molecule has 0 saturated carbocycles. The van der Waals surface area contributed by atoms with Gasteiger partial charge in [0.25, 0.3) is 0 Å². The average Bonchev–Trinajstić information content (AvgIpc) is 3.33. The lowest BCUT2D eigenvalue weighted by Crippen LogP contribution is -2.16. The van der Waals surface area contributed by atoms with Crippen LogP contribution >= 0.6 is 0 Å². The van der Waals surface area contributed by atoms with Crippen LogP contribution in [0, 0.1) is 0 Å². The number of benzene rings is 2. The number of hydrogen-bond acceptors (Lipinski definition) is 8. The Morgan fingerprint density at radius 3 is 2.09 bits per heavy atom. The fraction of sp³-hybridized carbons (Fsp3) is 0.308. The predicted molar refractivity (Wildman–Crippen MR) is 123 cm³/mol. The van der Waals surface area contributed by atoms with E-state index in [0.717, 1.165) is 0 Å². The Labute approximate surface area is 198 Å². The van der Waals surface area contributed by atoms with Gasteiger partial charge in [-0.1, -0.05) is 30.3 Å². The van der Waals surface area contributed by atoms with Gasteiger partial charge in [-0.25, -0.2) is 0 Å². The average molecular weight is 469 g/mol. The molecule has 0 bridgehead atoms. The highest BCUT2D eigenvalue weighted by molar-refractivity contribution is 5.96. The molecule has 34 heavy (non-hydrogen) atoms. The Morgan fingerprint density at radius 2 is 1.50 bits per heavy atom. The molecule has 0 radical (unpaired) electrons. The molecular formula is C26H28O8. The zero-order valence-corrected chi connectivity index (χ0v) is 19.4. The van der Waals surface area contributed by atoms with E-state index in [1.165, 1.54) is 21.3 Å². The Kier molecular flexibility index (Phi) is 9.25. The van der Waals surface area contributed by atoms with Gasteiger partial charge in [0.05, 0.1) is 7.11 Å². The van der Waals surface area contributed by atoms with E-state index in [2.05, 4.69) is 0 Å². The van der Waals surface area contributed by atoms with Gasteiger partial charge in [-0.2, -0.15) is 0 Å². The van der Waals surface area contributed by atoms with E-state index in [9.17, 15) is 9.59 Å². The molecule has 1 unspecified atom stereocenters. The smallest absolute Gasteiger partial charge is 0.320 e. The first-order valence-electron chi connectivity index (χ1n) is 10.7. The highest BCUT2D eigenvalue weighted by Crippen LogP contribution is 2.34. The van der Waals surface area contributed by atoms with Crippen molar-refractivity contribution < 1.29 is 37.7 Å². The van der Waals surface area contributed by atoms with E-state index in [0.29, 0.717) is 40.6 Å². The van der Waals surface area contributed by atoms with Gasteiger partial charge in [-0.3, -0.25) is 9.59 Å². The molecule has 0 spiro atoms. The summed E-state index contributed by atoms with van der Waals surface area (Å²) < 4.78 is 32.1. The van der Waals surface area contributed by atoms with Gasteiger partial charge in [-0.05, 0) is 29.8 Å². The van der Waals surface area contributed by atoms with E-state index in [4.69, 9.17) is 28.1 Å². The number of carbonyl (C=O) groups is 2. The highest BCUT2D eigenvalue weighted by Gasteiger charge is 2.28. The van der Waals surface area contributed by atoms with Gasteiger partial charge in [0.1, 0.15) is 28.9 Å². The lowest BCUT2D eigenvalue weighted by molar-refractivity contribution is -0.141. The summed E-state index contributed by atoms with van der Waals surface area (Å²) in [4.78, 5) is 25.2. The third-order valence-corrected chi connectivity index (χ3v) is 5.02. The van der Waals surface area contributed by atoms with Crippen molar-refractivity contribution in [3.63, 3.8) is 0 Å². The zero-order chi connectivity index (χ0) is 24.3. The number of carbonyl (C=O) groups excluding carboxylic acids is 2. The lowest BCUT2D eigenvalue weighted by atomic mass is 9.96. The Balaban J connectivity index is 1.84. The number of ketones is 1. The second kappa shape index (κ2) is 12.6. The summed E-state index contributed by atoms with van der Waals surface area (Å²) in [6.07, 6.45) is 0.690. The molecular weight excluding hydrogens is 440 g/mol. The Hall–Kier alpha value is -3.62. The molecule has 8 nitrogen and oxygen atoms in total. The molecule has 1 heterocycles. The molecule has 1 atom stereocenters. The van der Waals surface area contributed by atoms with Crippen LogP contribution in [-0.2, 0) is 25.4 Å². The minimum absolute atomic E-state index is 0.0194. The summed E-state index contributed by atoms with van der Waals surface area (Å²) in [5.74, 6) is 0.513. The van der Waals surface area contributed by atoms with E-state index in [-0.39, 0.29) is 25.8 Å². The van der Waals surface area contributed by atoms with E-state index in [1.54, 1.807) is 42.5 Å². The minimum Gasteiger partial charge on any atom is -0.468 e. The molecule has 0 aliphatic carbocycles. The van der Waals surface area contributed by atoms with Crippen molar-refractivity contribution in [1.82, 2.24) is 0 Å². The molecule has 0 saturated heterocycles. The fourth-order valence-corrected chi connectivity index (χ4v) is 3.40. The van der Waals surface area contributed by atoms with Gasteiger partial charge in [0.2, 0.25) is 0 Å².